The van der Waals surface area contributed by atoms with Crippen molar-refractivity contribution in [3.8, 4) is 0 Å². The molecule has 0 atom stereocenters. The highest BCUT2D eigenvalue weighted by Gasteiger charge is 2.07. The van der Waals surface area contributed by atoms with Crippen LogP contribution in [0, 0.1) is 0 Å². The van der Waals surface area contributed by atoms with E-state index in [9.17, 15) is 8.42 Å². The van der Waals surface area contributed by atoms with Crippen LogP contribution in [0.1, 0.15) is 5.56 Å². The van der Waals surface area contributed by atoms with Crippen LogP contribution in [0.25, 0.3) is 6.08 Å². The van der Waals surface area contributed by atoms with Crippen molar-refractivity contribution in [2.75, 3.05) is 31.3 Å². The number of aliphatic hydroxyl groups is 1. The van der Waals surface area contributed by atoms with Gasteiger partial charge in [-0.05, 0) is 5.56 Å². The lowest BCUT2D eigenvalue weighted by atomic mass is 10.2. The normalized spacial score (nSPS) is 12.1. The van der Waals surface area contributed by atoms with Crippen molar-refractivity contribution >= 4 is 15.9 Å². The highest BCUT2D eigenvalue weighted by molar-refractivity contribution is 7.91. The number of rotatable bonds is 8. The van der Waals surface area contributed by atoms with Crippen molar-refractivity contribution in [1.82, 2.24) is 0 Å². The molecule has 0 aliphatic carbocycles. The fourth-order valence-corrected chi connectivity index (χ4v) is 2.26. The van der Waals surface area contributed by atoms with Gasteiger partial charge in [0, 0.05) is 0 Å². The van der Waals surface area contributed by atoms with Gasteiger partial charge in [0.2, 0.25) is 0 Å². The Labute approximate surface area is 108 Å². The molecule has 0 saturated carbocycles. The Hall–Kier alpha value is -1.17. The summed E-state index contributed by atoms with van der Waals surface area (Å²) in [5, 5.41) is 8.48. The summed E-state index contributed by atoms with van der Waals surface area (Å²) in [5.41, 5.74) is 0.976. The molecule has 0 aliphatic heterocycles. The molecule has 0 saturated heterocycles. The summed E-state index contributed by atoms with van der Waals surface area (Å²) in [5.74, 6) is -0.0174. The van der Waals surface area contributed by atoms with E-state index in [0.717, 1.165) is 5.56 Å². The average molecular weight is 270 g/mol. The van der Waals surface area contributed by atoms with Crippen LogP contribution in [0.5, 0.6) is 0 Å². The van der Waals surface area contributed by atoms with Crippen LogP contribution >= 0.6 is 0 Å². The Kier molecular flexibility index (Phi) is 6.64. The number of hydrogen-bond acceptors (Lipinski definition) is 4. The number of ether oxygens (including phenoxy) is 1. The van der Waals surface area contributed by atoms with Gasteiger partial charge in [-0.1, -0.05) is 42.5 Å². The van der Waals surface area contributed by atoms with Crippen molar-refractivity contribution < 1.29 is 18.3 Å². The summed E-state index contributed by atoms with van der Waals surface area (Å²) < 4.78 is 28.1. The number of sulfone groups is 1. The van der Waals surface area contributed by atoms with Crippen LogP contribution in [0.4, 0.5) is 0 Å². The zero-order valence-corrected chi connectivity index (χ0v) is 11.0. The second-order valence-corrected chi connectivity index (χ2v) is 5.99. The van der Waals surface area contributed by atoms with Gasteiger partial charge in [-0.3, -0.25) is 0 Å². The van der Waals surface area contributed by atoms with Crippen molar-refractivity contribution in [2.24, 2.45) is 0 Å². The highest BCUT2D eigenvalue weighted by Crippen LogP contribution is 2.02. The van der Waals surface area contributed by atoms with E-state index in [0.29, 0.717) is 0 Å². The van der Waals surface area contributed by atoms with Gasteiger partial charge in [0.05, 0.1) is 31.3 Å². The summed E-state index contributed by atoms with van der Waals surface area (Å²) in [6, 6.07) is 9.53. The molecule has 4 nitrogen and oxygen atoms in total. The van der Waals surface area contributed by atoms with Crippen molar-refractivity contribution in [1.29, 1.82) is 0 Å². The highest BCUT2D eigenvalue weighted by atomic mass is 32.2. The quantitative estimate of drug-likeness (QED) is 0.719. The van der Waals surface area contributed by atoms with Crippen LogP contribution < -0.4 is 0 Å². The molecule has 18 heavy (non-hydrogen) atoms. The lowest BCUT2D eigenvalue weighted by molar-refractivity contribution is 0.103. The Morgan fingerprint density at radius 3 is 2.56 bits per heavy atom. The van der Waals surface area contributed by atoms with E-state index < -0.39 is 9.84 Å². The fraction of sp³-hybridized carbons (Fsp3) is 0.385. The van der Waals surface area contributed by atoms with Gasteiger partial charge < -0.3 is 9.84 Å². The average Bonchev–Trinajstić information content (AvgIpc) is 2.36. The zero-order chi connectivity index (χ0) is 13.3. The van der Waals surface area contributed by atoms with E-state index >= 15 is 0 Å². The predicted molar refractivity (Wildman–Crippen MR) is 72.0 cm³/mol. The molecular weight excluding hydrogens is 252 g/mol. The molecule has 100 valence electrons. The van der Waals surface area contributed by atoms with Gasteiger partial charge >= 0.3 is 0 Å². The largest absolute Gasteiger partial charge is 0.394 e. The van der Waals surface area contributed by atoms with Crippen LogP contribution in [0.3, 0.4) is 0 Å². The second-order valence-electron chi connectivity index (χ2n) is 3.76. The van der Waals surface area contributed by atoms with E-state index in [1.807, 2.05) is 30.3 Å². The van der Waals surface area contributed by atoms with Gasteiger partial charge in [0.25, 0.3) is 0 Å². The minimum Gasteiger partial charge on any atom is -0.394 e. The molecule has 0 fully saturated rings. The first-order valence-corrected chi connectivity index (χ1v) is 7.57. The third kappa shape index (κ3) is 6.54. The van der Waals surface area contributed by atoms with Crippen molar-refractivity contribution in [2.45, 2.75) is 0 Å². The monoisotopic (exact) mass is 270 g/mol. The third-order valence-corrected chi connectivity index (χ3v) is 3.72. The van der Waals surface area contributed by atoms with E-state index in [1.165, 1.54) is 0 Å². The predicted octanol–water partition coefficient (Wildman–Crippen LogP) is 1.12. The van der Waals surface area contributed by atoms with Crippen molar-refractivity contribution in [3.05, 3.63) is 42.0 Å². The Morgan fingerprint density at radius 1 is 1.17 bits per heavy atom. The van der Waals surface area contributed by atoms with Crippen LogP contribution in [0.2, 0.25) is 0 Å². The summed E-state index contributed by atoms with van der Waals surface area (Å²) in [4.78, 5) is 0. The van der Waals surface area contributed by atoms with Crippen LogP contribution in [0.15, 0.2) is 36.4 Å². The van der Waals surface area contributed by atoms with Gasteiger partial charge in [0.1, 0.15) is 0 Å². The lowest BCUT2D eigenvalue weighted by Crippen LogP contribution is -2.15. The SMILES string of the molecule is O=S(=O)(CC=Cc1ccccc1)CCOCCO. The molecule has 0 amide bonds. The molecule has 0 aliphatic rings. The van der Waals surface area contributed by atoms with Crippen LogP contribution in [-0.2, 0) is 14.6 Å². The fourth-order valence-electron chi connectivity index (χ4n) is 1.33. The molecule has 1 rings (SSSR count). The molecule has 0 unspecified atom stereocenters. The van der Waals surface area contributed by atoms with E-state index in [4.69, 9.17) is 9.84 Å². The van der Waals surface area contributed by atoms with Crippen LogP contribution in [-0.4, -0.2) is 44.9 Å². The van der Waals surface area contributed by atoms with E-state index in [1.54, 1.807) is 12.2 Å². The molecule has 0 heterocycles. The minimum absolute atomic E-state index is 0.00434. The third-order valence-electron chi connectivity index (χ3n) is 2.23. The number of aliphatic hydroxyl groups excluding tert-OH is 1. The first-order chi connectivity index (χ1) is 8.64. The Balaban J connectivity index is 2.35. The lowest BCUT2D eigenvalue weighted by Gasteiger charge is -2.02. The first-order valence-electron chi connectivity index (χ1n) is 5.75. The topological polar surface area (TPSA) is 63.6 Å². The van der Waals surface area contributed by atoms with E-state index in [2.05, 4.69) is 0 Å². The smallest absolute Gasteiger partial charge is 0.156 e. The Morgan fingerprint density at radius 2 is 1.89 bits per heavy atom. The molecule has 0 spiro atoms. The van der Waals surface area contributed by atoms with Gasteiger partial charge in [0.15, 0.2) is 9.84 Å². The molecule has 0 radical (unpaired) electrons. The second kappa shape index (κ2) is 8.02. The minimum atomic E-state index is -3.13. The Bertz CT molecular complexity index is 451. The summed E-state index contributed by atoms with van der Waals surface area (Å²) in [6.07, 6.45) is 3.42. The van der Waals surface area contributed by atoms with Gasteiger partial charge in [-0.2, -0.15) is 0 Å². The maximum Gasteiger partial charge on any atom is 0.156 e. The molecular formula is C13H18O4S. The summed E-state index contributed by atoms with van der Waals surface area (Å²) in [6.45, 7) is 0.214. The maximum atomic E-state index is 11.6. The summed E-state index contributed by atoms with van der Waals surface area (Å²) >= 11 is 0. The zero-order valence-electron chi connectivity index (χ0n) is 10.2. The number of hydrogen-bond donors (Lipinski definition) is 1. The molecule has 1 N–H and O–H groups in total. The standard InChI is InChI=1S/C13H18O4S/c14-8-9-17-10-12-18(15,16)11-4-7-13-5-2-1-3-6-13/h1-7,14H,8-12H2. The maximum absolute atomic E-state index is 11.6. The van der Waals surface area contributed by atoms with Gasteiger partial charge in [-0.15, -0.1) is 0 Å². The molecule has 1 aromatic carbocycles. The first kappa shape index (κ1) is 14.9. The van der Waals surface area contributed by atoms with Crippen molar-refractivity contribution in [3.63, 3.8) is 0 Å². The molecule has 0 bridgehead atoms. The van der Waals surface area contributed by atoms with Gasteiger partial charge in [-0.25, -0.2) is 8.42 Å². The molecule has 1 aromatic rings. The molecule has 0 aromatic heterocycles. The van der Waals surface area contributed by atoms with E-state index in [-0.39, 0.29) is 31.3 Å². The summed E-state index contributed by atoms with van der Waals surface area (Å²) in [7, 11) is -3.13. The number of benzene rings is 1. The molecule has 5 heteroatoms.